The minimum atomic E-state index is -0.720. The van der Waals surface area contributed by atoms with E-state index in [9.17, 15) is 14.4 Å². The number of hydrogen-bond donors (Lipinski definition) is 2. The van der Waals surface area contributed by atoms with Gasteiger partial charge in [-0.1, -0.05) is 41.5 Å². The molecule has 2 aliphatic carbocycles. The summed E-state index contributed by atoms with van der Waals surface area (Å²) in [6.45, 7) is 12.0. The highest BCUT2D eigenvalue weighted by atomic mass is 16.7. The number of carbonyl (C=O) groups is 3. The lowest BCUT2D eigenvalue weighted by atomic mass is 9.82. The van der Waals surface area contributed by atoms with Crippen molar-refractivity contribution in [3.63, 3.8) is 0 Å². The molecule has 2 saturated heterocycles. The molecule has 156 valence electrons. The van der Waals surface area contributed by atoms with Crippen molar-refractivity contribution >= 4 is 18.0 Å². The summed E-state index contributed by atoms with van der Waals surface area (Å²) in [6.07, 6.45) is 1.00. The lowest BCUT2D eigenvalue weighted by molar-refractivity contribution is -0.122. The van der Waals surface area contributed by atoms with E-state index in [1.165, 1.54) is 0 Å². The summed E-state index contributed by atoms with van der Waals surface area (Å²) in [5, 5.41) is 6.10. The first-order valence-electron chi connectivity index (χ1n) is 10.3. The number of nitrogens with one attached hydrogen (secondary N) is 2. The van der Waals surface area contributed by atoms with Crippen molar-refractivity contribution in [2.45, 2.75) is 90.5 Å². The number of ether oxygens (including phenoxy) is 2. The molecule has 0 aromatic heterocycles. The van der Waals surface area contributed by atoms with Gasteiger partial charge in [0.1, 0.15) is 12.2 Å². The average molecular weight is 392 g/mol. The first-order valence-corrected chi connectivity index (χ1v) is 10.3. The second-order valence-corrected chi connectivity index (χ2v) is 11.4. The van der Waals surface area contributed by atoms with Gasteiger partial charge in [0.2, 0.25) is 11.8 Å². The Kier molecular flexibility index (Phi) is 3.93. The summed E-state index contributed by atoms with van der Waals surface area (Å²) < 4.78 is 11.8. The Morgan fingerprint density at radius 2 is 1.21 bits per heavy atom. The third kappa shape index (κ3) is 2.98. The normalized spacial score (nSPS) is 37.9. The van der Waals surface area contributed by atoms with Crippen LogP contribution in [0.25, 0.3) is 0 Å². The van der Waals surface area contributed by atoms with Gasteiger partial charge >= 0.3 is 6.16 Å². The van der Waals surface area contributed by atoms with Crippen molar-refractivity contribution in [3.05, 3.63) is 0 Å². The highest BCUT2D eigenvalue weighted by Crippen LogP contribution is 2.58. The van der Waals surface area contributed by atoms with Gasteiger partial charge in [0.15, 0.2) is 0 Å². The summed E-state index contributed by atoms with van der Waals surface area (Å²) in [4.78, 5) is 36.6. The Labute approximate surface area is 166 Å². The predicted molar refractivity (Wildman–Crippen MR) is 101 cm³/mol. The van der Waals surface area contributed by atoms with Crippen molar-refractivity contribution in [1.29, 1.82) is 0 Å². The largest absolute Gasteiger partial charge is 0.509 e. The molecule has 2 aliphatic heterocycles. The molecule has 4 aliphatic rings. The number of fused-ring (bicyclic) bond motifs is 2. The Morgan fingerprint density at radius 3 is 1.46 bits per heavy atom. The van der Waals surface area contributed by atoms with Crippen LogP contribution >= 0.6 is 0 Å². The van der Waals surface area contributed by atoms with Crippen molar-refractivity contribution in [2.75, 3.05) is 0 Å². The maximum atomic E-state index is 12.9. The van der Waals surface area contributed by atoms with Crippen LogP contribution in [0.5, 0.6) is 0 Å². The molecule has 0 aromatic rings. The van der Waals surface area contributed by atoms with E-state index in [0.717, 1.165) is 12.8 Å². The van der Waals surface area contributed by atoms with Gasteiger partial charge in [-0.25, -0.2) is 4.79 Å². The van der Waals surface area contributed by atoms with Crippen molar-refractivity contribution in [3.8, 4) is 0 Å². The van der Waals surface area contributed by atoms with Gasteiger partial charge in [-0.2, -0.15) is 0 Å². The van der Waals surface area contributed by atoms with E-state index in [1.807, 2.05) is 41.5 Å². The smallest absolute Gasteiger partial charge is 0.428 e. The van der Waals surface area contributed by atoms with E-state index in [1.54, 1.807) is 0 Å². The maximum Gasteiger partial charge on any atom is 0.509 e. The molecule has 6 unspecified atom stereocenters. The van der Waals surface area contributed by atoms with Gasteiger partial charge in [-0.15, -0.1) is 0 Å². The van der Waals surface area contributed by atoms with E-state index in [2.05, 4.69) is 10.6 Å². The van der Waals surface area contributed by atoms with Gasteiger partial charge in [0, 0.05) is 23.7 Å². The third-order valence-corrected chi connectivity index (χ3v) is 6.85. The minimum Gasteiger partial charge on any atom is -0.428 e. The number of carbonyl (C=O) groups excluding carboxylic acids is 3. The zero-order valence-electron chi connectivity index (χ0n) is 17.7. The van der Waals surface area contributed by atoms with Gasteiger partial charge in [0.05, 0.1) is 11.1 Å². The van der Waals surface area contributed by atoms with E-state index in [-0.39, 0.29) is 34.5 Å². The van der Waals surface area contributed by atoms with Crippen LogP contribution < -0.4 is 10.6 Å². The predicted octanol–water partition coefficient (Wildman–Crippen LogP) is 2.53. The molecule has 0 spiro atoms. The zero-order chi connectivity index (χ0) is 20.7. The Balaban J connectivity index is 1.50. The highest BCUT2D eigenvalue weighted by Gasteiger charge is 2.70. The molecule has 4 rings (SSSR count). The van der Waals surface area contributed by atoms with Crippen LogP contribution in [0.2, 0.25) is 0 Å². The van der Waals surface area contributed by atoms with Crippen LogP contribution in [0.15, 0.2) is 0 Å². The fourth-order valence-electron chi connectivity index (χ4n) is 5.68. The highest BCUT2D eigenvalue weighted by molar-refractivity contribution is 5.83. The Bertz CT molecular complexity index is 676. The standard InChI is InChI=1S/C21H32N2O5/c1-18(2,3)15(20-9-11(20)7-13(24)22-20)27-17(26)28-16(19(4,5)6)21-10-12(21)8-14(25)23-21/h11-12,15-16H,7-10H2,1-6H3,(H,22,24)(H,23,25). The fraction of sp³-hybridized carbons (Fsp3) is 0.857. The number of piperidine rings is 2. The molecule has 0 aromatic carbocycles. The quantitative estimate of drug-likeness (QED) is 0.717. The summed E-state index contributed by atoms with van der Waals surface area (Å²) in [5.41, 5.74) is -1.61. The summed E-state index contributed by atoms with van der Waals surface area (Å²) >= 11 is 0. The summed E-state index contributed by atoms with van der Waals surface area (Å²) in [7, 11) is 0. The molecule has 7 heteroatoms. The van der Waals surface area contributed by atoms with E-state index in [4.69, 9.17) is 9.47 Å². The molecular weight excluding hydrogens is 360 g/mol. The number of amides is 2. The van der Waals surface area contributed by atoms with E-state index < -0.39 is 29.4 Å². The molecule has 0 bridgehead atoms. The van der Waals surface area contributed by atoms with Crippen LogP contribution in [0.4, 0.5) is 4.79 Å². The first-order chi connectivity index (χ1) is 12.8. The fourth-order valence-corrected chi connectivity index (χ4v) is 5.68. The van der Waals surface area contributed by atoms with E-state index >= 15 is 0 Å². The molecule has 2 heterocycles. The van der Waals surface area contributed by atoms with Gasteiger partial charge in [-0.05, 0) is 24.7 Å². The molecule has 6 atom stereocenters. The number of rotatable bonds is 4. The second kappa shape index (κ2) is 5.63. The lowest BCUT2D eigenvalue weighted by Crippen LogP contribution is -2.54. The van der Waals surface area contributed by atoms with Crippen LogP contribution in [0, 0.1) is 22.7 Å². The van der Waals surface area contributed by atoms with Crippen LogP contribution in [0.1, 0.15) is 67.2 Å². The summed E-state index contributed by atoms with van der Waals surface area (Å²) in [6, 6.07) is 0. The van der Waals surface area contributed by atoms with E-state index in [0.29, 0.717) is 12.8 Å². The zero-order valence-corrected chi connectivity index (χ0v) is 17.7. The number of hydrogen-bond acceptors (Lipinski definition) is 5. The Hall–Kier alpha value is -1.79. The van der Waals surface area contributed by atoms with Crippen LogP contribution in [-0.4, -0.2) is 41.3 Å². The monoisotopic (exact) mass is 392 g/mol. The molecule has 0 radical (unpaired) electrons. The summed E-state index contributed by atoms with van der Waals surface area (Å²) in [5.74, 6) is 0.471. The topological polar surface area (TPSA) is 93.7 Å². The van der Waals surface area contributed by atoms with Crippen molar-refractivity contribution < 1.29 is 23.9 Å². The molecule has 2 saturated carbocycles. The third-order valence-electron chi connectivity index (χ3n) is 6.85. The average Bonchev–Trinajstić information content (AvgIpc) is 3.30. The first kappa shape index (κ1) is 19.5. The SMILES string of the molecule is CC(C)(C)C(OC(=O)OC(C(C)(C)C)C12CC1CC(=O)N2)C12CC1CC(=O)N2. The van der Waals surface area contributed by atoms with Gasteiger partial charge in [0.25, 0.3) is 0 Å². The molecule has 2 N–H and O–H groups in total. The minimum absolute atomic E-state index is 0.0171. The molecule has 7 nitrogen and oxygen atoms in total. The van der Waals surface area contributed by atoms with Crippen LogP contribution in [0.3, 0.4) is 0 Å². The van der Waals surface area contributed by atoms with Crippen molar-refractivity contribution in [2.24, 2.45) is 22.7 Å². The molecular formula is C21H32N2O5. The molecule has 2 amide bonds. The second-order valence-electron chi connectivity index (χ2n) is 11.4. The lowest BCUT2D eigenvalue weighted by Gasteiger charge is -2.39. The molecule has 28 heavy (non-hydrogen) atoms. The molecule has 4 fully saturated rings. The Morgan fingerprint density at radius 1 is 0.857 bits per heavy atom. The maximum absolute atomic E-state index is 12.9. The van der Waals surface area contributed by atoms with Gasteiger partial charge in [-0.3, -0.25) is 9.59 Å². The van der Waals surface area contributed by atoms with Crippen LogP contribution in [-0.2, 0) is 19.1 Å². The van der Waals surface area contributed by atoms with Crippen molar-refractivity contribution in [1.82, 2.24) is 10.6 Å². The van der Waals surface area contributed by atoms with Gasteiger partial charge < -0.3 is 20.1 Å².